The summed E-state index contributed by atoms with van der Waals surface area (Å²) < 4.78 is 0. The van der Waals surface area contributed by atoms with E-state index in [1.807, 2.05) is 44.2 Å². The van der Waals surface area contributed by atoms with E-state index in [0.717, 1.165) is 10.5 Å². The fraction of sp³-hybridized carbons (Fsp3) is 0.500. The molecule has 0 unspecified atom stereocenters. The molecule has 0 bridgehead atoms. The van der Waals surface area contributed by atoms with Gasteiger partial charge in [-0.05, 0) is 30.7 Å². The van der Waals surface area contributed by atoms with Crippen molar-refractivity contribution < 1.29 is 24.7 Å². The van der Waals surface area contributed by atoms with Gasteiger partial charge in [-0.2, -0.15) is 0 Å². The van der Waals surface area contributed by atoms with E-state index in [9.17, 15) is 24.7 Å². The Morgan fingerprint density at radius 3 is 2.27 bits per heavy atom. The van der Waals surface area contributed by atoms with E-state index in [0.29, 0.717) is 12.8 Å². The Labute approximate surface area is 153 Å². The third-order valence-electron chi connectivity index (χ3n) is 3.85. The zero-order chi connectivity index (χ0) is 19.7. The molecule has 0 fully saturated rings. The maximum Gasteiger partial charge on any atom is 0.359 e. The van der Waals surface area contributed by atoms with Crippen LogP contribution in [0.25, 0.3) is 0 Å². The quantitative estimate of drug-likeness (QED) is 0.506. The number of urea groups is 2. The Kier molecular flexibility index (Phi) is 8.74. The predicted molar refractivity (Wildman–Crippen MR) is 95.4 cm³/mol. The number of carbonyl (C=O) groups excluding carboxylic acids is 3. The fourth-order valence-electron chi connectivity index (χ4n) is 2.27. The number of nitrogens with one attached hydrogen (secondary N) is 1. The second-order valence-corrected chi connectivity index (χ2v) is 6.36. The highest BCUT2D eigenvalue weighted by Gasteiger charge is 2.32. The van der Waals surface area contributed by atoms with Crippen molar-refractivity contribution in [3.05, 3.63) is 35.9 Å². The number of hydrogen-bond acceptors (Lipinski definition) is 5. The topological polar surface area (TPSA) is 110 Å². The van der Waals surface area contributed by atoms with Crippen LogP contribution in [0.15, 0.2) is 30.3 Å². The van der Waals surface area contributed by atoms with Gasteiger partial charge in [-0.15, -0.1) is 5.06 Å². The molecule has 3 N–H and O–H groups in total. The summed E-state index contributed by atoms with van der Waals surface area (Å²) in [5.74, 6) is -0.891. The summed E-state index contributed by atoms with van der Waals surface area (Å²) in [6.07, 6.45) is -0.475. The molecule has 0 aliphatic carbocycles. The van der Waals surface area contributed by atoms with Crippen molar-refractivity contribution in [1.82, 2.24) is 15.3 Å². The van der Waals surface area contributed by atoms with Gasteiger partial charge in [-0.3, -0.25) is 10.0 Å². The molecule has 0 radical (unpaired) electrons. The first-order chi connectivity index (χ1) is 12.3. The van der Waals surface area contributed by atoms with Gasteiger partial charge in [0.05, 0.1) is 0 Å². The van der Waals surface area contributed by atoms with Gasteiger partial charge < -0.3 is 10.4 Å². The molecule has 0 saturated heterocycles. The van der Waals surface area contributed by atoms with Gasteiger partial charge in [0.1, 0.15) is 6.10 Å². The molecule has 8 nitrogen and oxygen atoms in total. The first kappa shape index (κ1) is 21.6. The molecule has 0 saturated carbocycles. The fourth-order valence-corrected chi connectivity index (χ4v) is 2.27. The van der Waals surface area contributed by atoms with Gasteiger partial charge in [0.15, 0.2) is 0 Å². The summed E-state index contributed by atoms with van der Waals surface area (Å²) in [4.78, 5) is 37.1. The minimum absolute atomic E-state index is 0.0328. The number of hydroxylamine groups is 2. The van der Waals surface area contributed by atoms with Crippen LogP contribution in [0.2, 0.25) is 0 Å². The number of rotatable bonds is 7. The summed E-state index contributed by atoms with van der Waals surface area (Å²) in [5.41, 5.74) is 0.891. The van der Waals surface area contributed by atoms with E-state index in [4.69, 9.17) is 0 Å². The van der Waals surface area contributed by atoms with Gasteiger partial charge in [0.25, 0.3) is 5.91 Å². The van der Waals surface area contributed by atoms with Crippen LogP contribution in [0.3, 0.4) is 0 Å². The molecular weight excluding hydrogens is 338 g/mol. The molecule has 0 aromatic heterocycles. The highest BCUT2D eigenvalue weighted by molar-refractivity contribution is 6.01. The molecule has 0 aliphatic rings. The second-order valence-electron chi connectivity index (χ2n) is 6.36. The lowest BCUT2D eigenvalue weighted by atomic mass is 10.0. The molecule has 0 heterocycles. The lowest BCUT2D eigenvalue weighted by molar-refractivity contribution is -0.163. The Bertz CT molecular complexity index is 606. The molecule has 1 rings (SSSR count). The number of imide groups is 2. The number of hydrogen-bond donors (Lipinski definition) is 3. The van der Waals surface area contributed by atoms with E-state index in [1.54, 1.807) is 0 Å². The molecule has 8 heteroatoms. The van der Waals surface area contributed by atoms with Crippen LogP contribution in [-0.2, 0) is 11.2 Å². The number of nitrogens with zero attached hydrogens (tertiary/aromatic N) is 2. The van der Waals surface area contributed by atoms with Crippen molar-refractivity contribution in [1.29, 1.82) is 0 Å². The predicted octanol–water partition coefficient (Wildman–Crippen LogP) is 2.01. The van der Waals surface area contributed by atoms with E-state index in [-0.39, 0.29) is 23.9 Å². The van der Waals surface area contributed by atoms with Crippen molar-refractivity contribution in [2.45, 2.75) is 39.2 Å². The molecule has 1 aromatic carbocycles. The lowest BCUT2D eigenvalue weighted by Gasteiger charge is -2.25. The van der Waals surface area contributed by atoms with Crippen LogP contribution in [0.1, 0.15) is 32.3 Å². The summed E-state index contributed by atoms with van der Waals surface area (Å²) in [6.45, 7) is 3.82. The Hall–Kier alpha value is -2.45. The number of amides is 5. The van der Waals surface area contributed by atoms with Gasteiger partial charge in [-0.1, -0.05) is 44.2 Å². The maximum atomic E-state index is 12.4. The number of benzene rings is 1. The van der Waals surface area contributed by atoms with E-state index in [2.05, 4.69) is 5.32 Å². The van der Waals surface area contributed by atoms with Crippen LogP contribution in [0.4, 0.5) is 9.59 Å². The molecular formula is C18H27N3O5. The van der Waals surface area contributed by atoms with Gasteiger partial charge >= 0.3 is 12.1 Å². The van der Waals surface area contributed by atoms with Gasteiger partial charge in [0.2, 0.25) is 0 Å². The van der Waals surface area contributed by atoms with Crippen LogP contribution in [0.5, 0.6) is 0 Å². The summed E-state index contributed by atoms with van der Waals surface area (Å²) in [6, 6.07) is 7.22. The monoisotopic (exact) mass is 365 g/mol. The van der Waals surface area contributed by atoms with Crippen LogP contribution in [-0.4, -0.2) is 57.9 Å². The summed E-state index contributed by atoms with van der Waals surface area (Å²) in [5, 5.41) is 21.8. The van der Waals surface area contributed by atoms with E-state index >= 15 is 0 Å². The van der Waals surface area contributed by atoms with Crippen molar-refractivity contribution in [2.75, 3.05) is 13.6 Å². The average molecular weight is 365 g/mol. The van der Waals surface area contributed by atoms with Crippen LogP contribution >= 0.6 is 0 Å². The first-order valence-corrected chi connectivity index (χ1v) is 8.56. The van der Waals surface area contributed by atoms with Crippen LogP contribution < -0.4 is 5.32 Å². The molecule has 0 aliphatic heterocycles. The maximum absolute atomic E-state index is 12.4. The number of aliphatic hydroxyl groups is 1. The Balaban J connectivity index is 2.77. The third kappa shape index (κ3) is 6.45. The second kappa shape index (κ2) is 10.5. The van der Waals surface area contributed by atoms with Crippen molar-refractivity contribution in [3.63, 3.8) is 0 Å². The summed E-state index contributed by atoms with van der Waals surface area (Å²) in [7, 11) is 1.34. The molecule has 26 heavy (non-hydrogen) atoms. The van der Waals surface area contributed by atoms with Crippen molar-refractivity contribution >= 4 is 18.0 Å². The molecule has 0 spiro atoms. The highest BCUT2D eigenvalue weighted by atomic mass is 16.5. The van der Waals surface area contributed by atoms with E-state index in [1.165, 1.54) is 7.05 Å². The zero-order valence-corrected chi connectivity index (χ0v) is 15.4. The number of carbonyl (C=O) groups is 3. The van der Waals surface area contributed by atoms with Crippen LogP contribution in [0, 0.1) is 5.92 Å². The van der Waals surface area contributed by atoms with Crippen molar-refractivity contribution in [2.24, 2.45) is 5.92 Å². The largest absolute Gasteiger partial charge is 0.383 e. The summed E-state index contributed by atoms with van der Waals surface area (Å²) >= 11 is 0. The highest BCUT2D eigenvalue weighted by Crippen LogP contribution is 2.10. The molecule has 1 atom stereocenters. The van der Waals surface area contributed by atoms with Gasteiger partial charge in [0, 0.05) is 13.6 Å². The Morgan fingerprint density at radius 1 is 1.12 bits per heavy atom. The molecule has 144 valence electrons. The standard InChI is InChI=1S/C18H27N3O5/c1-13(2)9-10-15(22)16(23)21(26)18(25)20(17(24)19-3)12-11-14-7-5-4-6-8-14/h4-8,13,15,22,26H,9-12H2,1-3H3,(H,19,24)/t15-/m0/s1. The SMILES string of the molecule is CNC(=O)N(CCc1ccccc1)C(=O)N(O)C(=O)[C@@H](O)CCC(C)C. The van der Waals surface area contributed by atoms with Crippen molar-refractivity contribution in [3.8, 4) is 0 Å². The Morgan fingerprint density at radius 2 is 1.73 bits per heavy atom. The minimum atomic E-state index is -1.51. The lowest BCUT2D eigenvalue weighted by Crippen LogP contribution is -2.52. The minimum Gasteiger partial charge on any atom is -0.383 e. The average Bonchev–Trinajstić information content (AvgIpc) is 2.65. The third-order valence-corrected chi connectivity index (χ3v) is 3.85. The van der Waals surface area contributed by atoms with Gasteiger partial charge in [-0.25, -0.2) is 14.5 Å². The normalized spacial score (nSPS) is 11.8. The zero-order valence-electron chi connectivity index (χ0n) is 15.4. The number of aliphatic hydroxyl groups excluding tert-OH is 1. The molecule has 1 aromatic rings. The first-order valence-electron chi connectivity index (χ1n) is 8.56. The molecule has 5 amide bonds. The van der Waals surface area contributed by atoms with E-state index < -0.39 is 24.1 Å². The smallest absolute Gasteiger partial charge is 0.359 e.